The van der Waals surface area contributed by atoms with Crippen molar-refractivity contribution in [3.05, 3.63) is 35.6 Å². The predicted molar refractivity (Wildman–Crippen MR) is 69.3 cm³/mol. The highest BCUT2D eigenvalue weighted by atomic mass is 19.1. The molecule has 0 unspecified atom stereocenters. The Balaban J connectivity index is 1.64. The van der Waals surface area contributed by atoms with Crippen LogP contribution in [0.5, 0.6) is 0 Å². The molecule has 0 aliphatic carbocycles. The van der Waals surface area contributed by atoms with Crippen LogP contribution in [0, 0.1) is 5.82 Å². The number of amides is 1. The van der Waals surface area contributed by atoms with Gasteiger partial charge in [-0.15, -0.1) is 0 Å². The normalized spacial score (nSPS) is 35.7. The minimum absolute atomic E-state index is 0.00769. The van der Waals surface area contributed by atoms with Crippen LogP contribution in [0.2, 0.25) is 0 Å². The molecule has 4 heteroatoms. The number of carbonyl (C=O) groups is 1. The Morgan fingerprint density at radius 2 is 1.79 bits per heavy atom. The highest BCUT2D eigenvalue weighted by Crippen LogP contribution is 2.39. The lowest BCUT2D eigenvalue weighted by Crippen LogP contribution is -2.68. The summed E-state index contributed by atoms with van der Waals surface area (Å²) < 4.78 is 13.3. The summed E-state index contributed by atoms with van der Waals surface area (Å²) in [6.07, 6.45) is 4.20. The first-order chi connectivity index (χ1) is 9.20. The summed E-state index contributed by atoms with van der Waals surface area (Å²) in [5.41, 5.74) is 0.487. The summed E-state index contributed by atoms with van der Waals surface area (Å²) in [7, 11) is 0. The van der Waals surface area contributed by atoms with E-state index in [1.54, 1.807) is 12.1 Å². The number of benzene rings is 1. The molecule has 1 N–H and O–H groups in total. The zero-order valence-corrected chi connectivity index (χ0v) is 10.7. The predicted octanol–water partition coefficient (Wildman–Crippen LogP) is 1.93. The van der Waals surface area contributed by atoms with E-state index in [1.165, 1.54) is 12.1 Å². The molecule has 0 saturated carbocycles. The molecule has 4 bridgehead atoms. The number of carbonyl (C=O) groups excluding carboxylic acids is 1. The van der Waals surface area contributed by atoms with Crippen LogP contribution >= 0.6 is 0 Å². The molecule has 3 nitrogen and oxygen atoms in total. The summed E-state index contributed by atoms with van der Waals surface area (Å²) in [5.74, 6) is -0.328. The second-order valence-corrected chi connectivity index (χ2v) is 6.03. The fourth-order valence-electron chi connectivity index (χ4n) is 4.16. The summed E-state index contributed by atoms with van der Waals surface area (Å²) in [5, 5.41) is 3.62. The second-order valence-electron chi connectivity index (χ2n) is 6.03. The fourth-order valence-corrected chi connectivity index (χ4v) is 4.16. The number of hydrogen-bond acceptors (Lipinski definition) is 2. The quantitative estimate of drug-likeness (QED) is 0.837. The van der Waals surface area contributed by atoms with Gasteiger partial charge in [0.05, 0.1) is 0 Å². The third kappa shape index (κ3) is 1.77. The molecule has 4 aliphatic rings. The zero-order valence-electron chi connectivity index (χ0n) is 10.7. The number of nitrogens with zero attached hydrogens (tertiary/aromatic N) is 1. The van der Waals surface area contributed by atoms with Gasteiger partial charge >= 0.3 is 0 Å². The maximum atomic E-state index is 13.3. The molecule has 1 aromatic rings. The van der Waals surface area contributed by atoms with Crippen molar-refractivity contribution in [2.45, 2.75) is 49.9 Å². The zero-order chi connectivity index (χ0) is 13.0. The molecular weight excluding hydrogens is 243 g/mol. The standard InChI is InChI=1S/C15H17FN2O/c16-10-3-1-2-9(4-10)15(19)18-13-5-11-6-14(18)8-12(7-13)17-11/h1-4,11-14,17H,5-8H2. The van der Waals surface area contributed by atoms with Crippen molar-refractivity contribution in [2.75, 3.05) is 0 Å². The van der Waals surface area contributed by atoms with E-state index >= 15 is 0 Å². The van der Waals surface area contributed by atoms with Gasteiger partial charge in [-0.3, -0.25) is 4.79 Å². The van der Waals surface area contributed by atoms with Crippen molar-refractivity contribution in [1.82, 2.24) is 10.2 Å². The van der Waals surface area contributed by atoms with Crippen molar-refractivity contribution in [3.63, 3.8) is 0 Å². The first-order valence-corrected chi connectivity index (χ1v) is 7.05. The lowest BCUT2D eigenvalue weighted by molar-refractivity contribution is -0.0172. The van der Waals surface area contributed by atoms with Crippen molar-refractivity contribution in [3.8, 4) is 0 Å². The van der Waals surface area contributed by atoms with E-state index in [1.807, 2.05) is 4.90 Å². The molecule has 5 rings (SSSR count). The molecular formula is C15H17FN2O. The monoisotopic (exact) mass is 260 g/mol. The number of halogens is 1. The summed E-state index contributed by atoms with van der Waals surface area (Å²) in [4.78, 5) is 14.7. The molecule has 4 aliphatic heterocycles. The highest BCUT2D eigenvalue weighted by molar-refractivity contribution is 5.94. The molecule has 0 radical (unpaired) electrons. The van der Waals surface area contributed by atoms with E-state index in [-0.39, 0.29) is 11.7 Å². The lowest BCUT2D eigenvalue weighted by Gasteiger charge is -2.56. The van der Waals surface area contributed by atoms with Crippen LogP contribution in [0.15, 0.2) is 24.3 Å². The molecule has 100 valence electrons. The van der Waals surface area contributed by atoms with Gasteiger partial charge < -0.3 is 10.2 Å². The second kappa shape index (κ2) is 4.04. The number of piperidine rings is 4. The van der Waals surface area contributed by atoms with Gasteiger partial charge in [-0.1, -0.05) is 6.07 Å². The Morgan fingerprint density at radius 3 is 2.37 bits per heavy atom. The Hall–Kier alpha value is -1.42. The van der Waals surface area contributed by atoms with Crippen LogP contribution in [0.25, 0.3) is 0 Å². The van der Waals surface area contributed by atoms with Gasteiger partial charge in [0.2, 0.25) is 0 Å². The van der Waals surface area contributed by atoms with Crippen LogP contribution in [-0.4, -0.2) is 35.0 Å². The third-order valence-corrected chi connectivity index (χ3v) is 4.79. The van der Waals surface area contributed by atoms with Gasteiger partial charge in [0.1, 0.15) is 5.82 Å². The smallest absolute Gasteiger partial charge is 0.254 e. The van der Waals surface area contributed by atoms with Gasteiger partial charge in [0.25, 0.3) is 5.91 Å². The van der Waals surface area contributed by atoms with E-state index in [9.17, 15) is 9.18 Å². The summed E-state index contributed by atoms with van der Waals surface area (Å²) in [6, 6.07) is 7.92. The van der Waals surface area contributed by atoms with Crippen LogP contribution in [0.1, 0.15) is 36.0 Å². The summed E-state index contributed by atoms with van der Waals surface area (Å²) in [6.45, 7) is 0. The van der Waals surface area contributed by atoms with Crippen LogP contribution in [0.3, 0.4) is 0 Å². The van der Waals surface area contributed by atoms with Gasteiger partial charge in [-0.05, 0) is 43.9 Å². The highest BCUT2D eigenvalue weighted by Gasteiger charge is 2.48. The molecule has 0 spiro atoms. The molecule has 0 aromatic heterocycles. The molecule has 4 heterocycles. The van der Waals surface area contributed by atoms with Crippen molar-refractivity contribution >= 4 is 5.91 Å². The number of hydrogen-bond donors (Lipinski definition) is 1. The van der Waals surface area contributed by atoms with Gasteiger partial charge in [0.15, 0.2) is 0 Å². The van der Waals surface area contributed by atoms with Crippen LogP contribution in [-0.2, 0) is 0 Å². The van der Waals surface area contributed by atoms with Crippen molar-refractivity contribution in [2.24, 2.45) is 0 Å². The van der Waals surface area contributed by atoms with E-state index in [0.717, 1.165) is 25.7 Å². The van der Waals surface area contributed by atoms with E-state index in [0.29, 0.717) is 29.7 Å². The largest absolute Gasteiger partial charge is 0.332 e. The van der Waals surface area contributed by atoms with Crippen LogP contribution in [0.4, 0.5) is 4.39 Å². The van der Waals surface area contributed by atoms with Crippen molar-refractivity contribution < 1.29 is 9.18 Å². The molecule has 4 fully saturated rings. The molecule has 1 aromatic carbocycles. The summed E-state index contributed by atoms with van der Waals surface area (Å²) >= 11 is 0. The molecule has 0 atom stereocenters. The molecule has 1 amide bonds. The van der Waals surface area contributed by atoms with Crippen molar-refractivity contribution in [1.29, 1.82) is 0 Å². The molecule has 19 heavy (non-hydrogen) atoms. The van der Waals surface area contributed by atoms with Gasteiger partial charge in [-0.25, -0.2) is 4.39 Å². The Bertz CT molecular complexity index is 503. The molecule has 4 saturated heterocycles. The third-order valence-electron chi connectivity index (χ3n) is 4.79. The van der Waals surface area contributed by atoms with E-state index in [2.05, 4.69) is 5.32 Å². The van der Waals surface area contributed by atoms with E-state index < -0.39 is 0 Å². The fraction of sp³-hybridized carbons (Fsp3) is 0.533. The topological polar surface area (TPSA) is 32.3 Å². The average molecular weight is 260 g/mol. The van der Waals surface area contributed by atoms with Crippen LogP contribution < -0.4 is 5.32 Å². The number of rotatable bonds is 1. The SMILES string of the molecule is O=C(c1cccc(F)c1)N1C2CC3CC1CC(C2)N3. The average Bonchev–Trinajstić information content (AvgIpc) is 2.37. The van der Waals surface area contributed by atoms with E-state index in [4.69, 9.17) is 0 Å². The maximum Gasteiger partial charge on any atom is 0.254 e. The minimum Gasteiger partial charge on any atom is -0.332 e. The Kier molecular flexibility index (Phi) is 2.42. The lowest BCUT2D eigenvalue weighted by atomic mass is 9.74. The van der Waals surface area contributed by atoms with Gasteiger partial charge in [-0.2, -0.15) is 0 Å². The Labute approximate surface area is 111 Å². The first-order valence-electron chi connectivity index (χ1n) is 7.05. The Morgan fingerprint density at radius 1 is 1.16 bits per heavy atom. The first kappa shape index (κ1) is 11.4. The van der Waals surface area contributed by atoms with Gasteiger partial charge in [0, 0.05) is 29.7 Å². The minimum atomic E-state index is -0.336. The number of nitrogens with one attached hydrogen (secondary N) is 1. The maximum absolute atomic E-state index is 13.3.